The van der Waals surface area contributed by atoms with E-state index in [2.05, 4.69) is 9.47 Å². The third-order valence-electron chi connectivity index (χ3n) is 1.84. The number of hydrogen-bond acceptors (Lipinski definition) is 6. The fourth-order valence-corrected chi connectivity index (χ4v) is 1.21. The van der Waals surface area contributed by atoms with Crippen molar-refractivity contribution in [1.82, 2.24) is 0 Å². The normalized spacial score (nSPS) is 8.50. The average Bonchev–Trinajstić information content (AvgIpc) is 2.27. The summed E-state index contributed by atoms with van der Waals surface area (Å²) in [4.78, 5) is 44.4. The van der Waals surface area contributed by atoms with Crippen LogP contribution in [0.4, 0.5) is 0 Å². The van der Waals surface area contributed by atoms with E-state index >= 15 is 0 Å². The first-order chi connectivity index (χ1) is 8.41. The van der Waals surface area contributed by atoms with Crippen LogP contribution in [0.25, 0.3) is 0 Å². The predicted molar refractivity (Wildman–Crippen MR) is 72.9 cm³/mol. The second-order valence-corrected chi connectivity index (χ2v) is 3.31. The zero-order valence-electron chi connectivity index (χ0n) is 9.76. The van der Waals surface area contributed by atoms with Crippen LogP contribution in [-0.2, 0) is 19.1 Å². The van der Waals surface area contributed by atoms with E-state index in [-0.39, 0.29) is 70.2 Å². The van der Waals surface area contributed by atoms with Gasteiger partial charge in [-0.25, -0.2) is 9.59 Å². The van der Waals surface area contributed by atoms with Crippen LogP contribution in [0.3, 0.4) is 0 Å². The molecule has 0 unspecified atom stereocenters. The molecule has 0 saturated heterocycles. The number of carbonyl (C=O) groups is 4. The van der Waals surface area contributed by atoms with Crippen LogP contribution < -0.4 is 0 Å². The third kappa shape index (κ3) is 6.78. The summed E-state index contributed by atoms with van der Waals surface area (Å²) in [5, 5.41) is 0. The van der Waals surface area contributed by atoms with Gasteiger partial charge in [0.25, 0.3) is 0 Å². The second kappa shape index (κ2) is 10.3. The van der Waals surface area contributed by atoms with Crippen molar-refractivity contribution in [3.63, 3.8) is 0 Å². The molecular weight excluding hydrogens is 286 g/mol. The summed E-state index contributed by atoms with van der Waals surface area (Å²) in [7, 11) is 0. The number of esters is 4. The van der Waals surface area contributed by atoms with Crippen LogP contribution in [0.5, 0.6) is 0 Å². The SMILES string of the molecule is CC(=O)OC(=O)c1ccccc1C(=O)OC(C)=O.[NaH].[NaH]. The first kappa shape index (κ1) is 21.8. The van der Waals surface area contributed by atoms with Crippen molar-refractivity contribution in [3.05, 3.63) is 35.4 Å². The minimum atomic E-state index is -0.974. The Morgan fingerprint density at radius 3 is 1.30 bits per heavy atom. The number of carbonyl (C=O) groups excluding carboxylic acids is 4. The van der Waals surface area contributed by atoms with E-state index in [4.69, 9.17) is 0 Å². The maximum absolute atomic E-state index is 11.5. The van der Waals surface area contributed by atoms with Crippen LogP contribution in [0, 0.1) is 0 Å². The molecule has 0 heterocycles. The van der Waals surface area contributed by atoms with Gasteiger partial charge in [-0.15, -0.1) is 0 Å². The van der Waals surface area contributed by atoms with Crippen molar-refractivity contribution in [3.8, 4) is 0 Å². The molecule has 0 aliphatic rings. The van der Waals surface area contributed by atoms with Gasteiger partial charge in [-0.3, -0.25) is 9.59 Å². The Morgan fingerprint density at radius 1 is 0.750 bits per heavy atom. The van der Waals surface area contributed by atoms with Crippen molar-refractivity contribution >= 4 is 83.0 Å². The van der Waals surface area contributed by atoms with Crippen LogP contribution in [0.1, 0.15) is 34.6 Å². The van der Waals surface area contributed by atoms with Crippen LogP contribution in [0.15, 0.2) is 24.3 Å². The maximum atomic E-state index is 11.5. The summed E-state index contributed by atoms with van der Waals surface area (Å²) >= 11 is 0. The number of ether oxygens (including phenoxy) is 2. The van der Waals surface area contributed by atoms with Crippen molar-refractivity contribution in [2.24, 2.45) is 0 Å². The Hall–Kier alpha value is -0.500. The van der Waals surface area contributed by atoms with Gasteiger partial charge in [0.2, 0.25) is 0 Å². The first-order valence-electron chi connectivity index (χ1n) is 4.96. The zero-order valence-corrected chi connectivity index (χ0v) is 9.76. The summed E-state index contributed by atoms with van der Waals surface area (Å²) < 4.78 is 8.72. The molecule has 0 spiro atoms. The van der Waals surface area contributed by atoms with Crippen molar-refractivity contribution < 1.29 is 28.7 Å². The molecule has 0 bridgehead atoms. The van der Waals surface area contributed by atoms with Gasteiger partial charge in [0.15, 0.2) is 0 Å². The number of rotatable bonds is 2. The average molecular weight is 298 g/mol. The molecule has 8 heteroatoms. The van der Waals surface area contributed by atoms with E-state index in [9.17, 15) is 19.2 Å². The van der Waals surface area contributed by atoms with E-state index in [1.165, 1.54) is 24.3 Å². The second-order valence-electron chi connectivity index (χ2n) is 3.31. The standard InChI is InChI=1S/C12H10O6.2Na.2H/c1-7(13)17-11(15)9-5-3-4-6-10(9)12(16)18-8(2)14;;;;/h3-6H,1-2H3;;;;. The predicted octanol–water partition coefficient (Wildman–Crippen LogP) is -0.204. The van der Waals surface area contributed by atoms with Gasteiger partial charge < -0.3 is 9.47 Å². The van der Waals surface area contributed by atoms with Gasteiger partial charge in [0.05, 0.1) is 11.1 Å². The monoisotopic (exact) mass is 298 g/mol. The van der Waals surface area contributed by atoms with Crippen molar-refractivity contribution in [2.45, 2.75) is 13.8 Å². The molecule has 1 aromatic carbocycles. The third-order valence-corrected chi connectivity index (χ3v) is 1.84. The molecule has 1 rings (SSSR count). The Bertz CT molecular complexity index is 479. The van der Waals surface area contributed by atoms with Crippen molar-refractivity contribution in [1.29, 1.82) is 0 Å². The van der Waals surface area contributed by atoms with Gasteiger partial charge in [-0.2, -0.15) is 0 Å². The van der Waals surface area contributed by atoms with Gasteiger partial charge in [0, 0.05) is 13.8 Å². The van der Waals surface area contributed by atoms with Crippen molar-refractivity contribution in [2.75, 3.05) is 0 Å². The Morgan fingerprint density at radius 2 is 1.05 bits per heavy atom. The molecule has 98 valence electrons. The van der Waals surface area contributed by atoms with E-state index in [1.807, 2.05) is 0 Å². The molecule has 0 radical (unpaired) electrons. The van der Waals surface area contributed by atoms with Gasteiger partial charge in [-0.1, -0.05) is 12.1 Å². The summed E-state index contributed by atoms with van der Waals surface area (Å²) in [6, 6.07) is 5.56. The Kier molecular flexibility index (Phi) is 11.2. The minimum absolute atomic E-state index is 0. The molecule has 0 atom stereocenters. The van der Waals surface area contributed by atoms with E-state index in [0.29, 0.717) is 0 Å². The summed E-state index contributed by atoms with van der Waals surface area (Å²) in [5.41, 5.74) is -0.280. The van der Waals surface area contributed by atoms with Crippen LogP contribution >= 0.6 is 0 Å². The molecule has 6 nitrogen and oxygen atoms in total. The molecule has 0 saturated carbocycles. The molecule has 0 amide bonds. The first-order valence-corrected chi connectivity index (χ1v) is 4.96. The molecule has 0 N–H and O–H groups in total. The number of benzene rings is 1. The molecule has 0 aliphatic heterocycles. The summed E-state index contributed by atoms with van der Waals surface area (Å²) in [6.45, 7) is 2.13. The number of hydrogen-bond donors (Lipinski definition) is 0. The van der Waals surface area contributed by atoms with Crippen LogP contribution in [-0.4, -0.2) is 83.0 Å². The van der Waals surface area contributed by atoms with E-state index < -0.39 is 23.9 Å². The van der Waals surface area contributed by atoms with Gasteiger partial charge >= 0.3 is 83.0 Å². The van der Waals surface area contributed by atoms with E-state index in [1.54, 1.807) is 0 Å². The van der Waals surface area contributed by atoms with Crippen LogP contribution in [0.2, 0.25) is 0 Å². The molecule has 1 aromatic rings. The fraction of sp³-hybridized carbons (Fsp3) is 0.167. The van der Waals surface area contributed by atoms with E-state index in [0.717, 1.165) is 13.8 Å². The zero-order chi connectivity index (χ0) is 13.7. The Balaban J connectivity index is 0. The topological polar surface area (TPSA) is 86.7 Å². The summed E-state index contributed by atoms with van der Waals surface area (Å²) in [5.74, 6) is -3.54. The summed E-state index contributed by atoms with van der Waals surface area (Å²) in [6.07, 6.45) is 0. The molecule has 20 heavy (non-hydrogen) atoms. The fourth-order valence-electron chi connectivity index (χ4n) is 1.21. The quantitative estimate of drug-likeness (QED) is 0.427. The Labute approximate surface area is 159 Å². The molecule has 0 aliphatic carbocycles. The molecule has 0 fully saturated rings. The molecule has 0 aromatic heterocycles. The molecular formula is C12H12Na2O6. The van der Waals surface area contributed by atoms with Gasteiger partial charge in [-0.05, 0) is 12.1 Å². The van der Waals surface area contributed by atoms with Gasteiger partial charge in [0.1, 0.15) is 0 Å².